The molecule has 0 aliphatic carbocycles. The van der Waals surface area contributed by atoms with Crippen LogP contribution in [0.3, 0.4) is 0 Å². The van der Waals surface area contributed by atoms with Crippen LogP contribution in [0.25, 0.3) is 0 Å². The Balaban J connectivity index is 1.70. The maximum absolute atomic E-state index is 13.8. The molecule has 7 heteroatoms. The molecular formula is C17H13Cl2FN2O2. The van der Waals surface area contributed by atoms with E-state index >= 15 is 0 Å². The smallest absolute Gasteiger partial charge is 0.229 e. The molecule has 1 aliphatic rings. The third-order valence-corrected chi connectivity index (χ3v) is 4.31. The zero-order valence-corrected chi connectivity index (χ0v) is 13.9. The largest absolute Gasteiger partial charge is 0.323 e. The molecule has 2 aromatic rings. The van der Waals surface area contributed by atoms with Crippen LogP contribution in [0.1, 0.15) is 6.42 Å². The van der Waals surface area contributed by atoms with Crippen LogP contribution in [0, 0.1) is 11.7 Å². The van der Waals surface area contributed by atoms with E-state index in [2.05, 4.69) is 5.32 Å². The molecule has 0 saturated carbocycles. The molecule has 1 atom stereocenters. The topological polar surface area (TPSA) is 49.4 Å². The molecule has 124 valence electrons. The van der Waals surface area contributed by atoms with E-state index in [-0.39, 0.29) is 29.6 Å². The molecule has 1 N–H and O–H groups in total. The SMILES string of the molecule is O=C(Nc1ccc(Cl)cc1F)C1CC(=O)N(c2ccc(Cl)cc2)C1. The Morgan fingerprint density at radius 1 is 1.12 bits per heavy atom. The van der Waals surface area contributed by atoms with Crippen molar-refractivity contribution in [3.05, 3.63) is 58.3 Å². The third kappa shape index (κ3) is 3.52. The van der Waals surface area contributed by atoms with Crippen molar-refractivity contribution in [3.63, 3.8) is 0 Å². The number of halogens is 3. The summed E-state index contributed by atoms with van der Waals surface area (Å²) < 4.78 is 13.8. The maximum atomic E-state index is 13.8. The molecule has 1 aliphatic heterocycles. The molecule has 24 heavy (non-hydrogen) atoms. The van der Waals surface area contributed by atoms with Gasteiger partial charge in [0.2, 0.25) is 11.8 Å². The van der Waals surface area contributed by atoms with Crippen LogP contribution in [0.5, 0.6) is 0 Å². The molecule has 0 spiro atoms. The lowest BCUT2D eigenvalue weighted by molar-refractivity contribution is -0.122. The average Bonchev–Trinajstić information content (AvgIpc) is 2.93. The van der Waals surface area contributed by atoms with Crippen molar-refractivity contribution in [3.8, 4) is 0 Å². The highest BCUT2D eigenvalue weighted by molar-refractivity contribution is 6.31. The van der Waals surface area contributed by atoms with Gasteiger partial charge in [-0.05, 0) is 42.5 Å². The van der Waals surface area contributed by atoms with E-state index in [0.29, 0.717) is 10.7 Å². The Bertz CT molecular complexity index is 796. The van der Waals surface area contributed by atoms with Crippen molar-refractivity contribution in [2.45, 2.75) is 6.42 Å². The number of carbonyl (C=O) groups is 2. The van der Waals surface area contributed by atoms with Crippen LogP contribution in [-0.2, 0) is 9.59 Å². The van der Waals surface area contributed by atoms with E-state index in [1.54, 1.807) is 24.3 Å². The van der Waals surface area contributed by atoms with Crippen LogP contribution in [0.2, 0.25) is 10.0 Å². The van der Waals surface area contributed by atoms with Gasteiger partial charge in [0.15, 0.2) is 0 Å². The molecule has 2 aromatic carbocycles. The zero-order chi connectivity index (χ0) is 17.3. The molecule has 1 fully saturated rings. The molecule has 0 radical (unpaired) electrons. The van der Waals surface area contributed by atoms with Gasteiger partial charge in [0.1, 0.15) is 5.82 Å². The lowest BCUT2D eigenvalue weighted by Gasteiger charge is -2.17. The highest BCUT2D eigenvalue weighted by Gasteiger charge is 2.35. The van der Waals surface area contributed by atoms with Gasteiger partial charge >= 0.3 is 0 Å². The molecule has 1 heterocycles. The van der Waals surface area contributed by atoms with Crippen molar-refractivity contribution < 1.29 is 14.0 Å². The maximum Gasteiger partial charge on any atom is 0.229 e. The zero-order valence-electron chi connectivity index (χ0n) is 12.4. The molecule has 1 saturated heterocycles. The minimum atomic E-state index is -0.616. The first-order valence-corrected chi connectivity index (χ1v) is 8.01. The predicted octanol–water partition coefficient (Wildman–Crippen LogP) is 4.12. The number of benzene rings is 2. The van der Waals surface area contributed by atoms with Gasteiger partial charge in [0.05, 0.1) is 11.6 Å². The number of hydrogen-bond donors (Lipinski definition) is 1. The number of rotatable bonds is 3. The molecule has 3 rings (SSSR count). The van der Waals surface area contributed by atoms with Crippen LogP contribution >= 0.6 is 23.2 Å². The highest BCUT2D eigenvalue weighted by Crippen LogP contribution is 2.27. The molecule has 1 unspecified atom stereocenters. The van der Waals surface area contributed by atoms with Gasteiger partial charge in [0.25, 0.3) is 0 Å². The highest BCUT2D eigenvalue weighted by atomic mass is 35.5. The lowest BCUT2D eigenvalue weighted by atomic mass is 10.1. The number of hydrogen-bond acceptors (Lipinski definition) is 2. The van der Waals surface area contributed by atoms with Crippen LogP contribution in [0.15, 0.2) is 42.5 Å². The third-order valence-electron chi connectivity index (χ3n) is 3.82. The molecule has 0 aromatic heterocycles. The second kappa shape index (κ2) is 6.79. The van der Waals surface area contributed by atoms with Crippen molar-refractivity contribution in [1.29, 1.82) is 0 Å². The van der Waals surface area contributed by atoms with Gasteiger partial charge in [-0.3, -0.25) is 9.59 Å². The van der Waals surface area contributed by atoms with E-state index in [1.807, 2.05) is 0 Å². The summed E-state index contributed by atoms with van der Waals surface area (Å²) in [6.45, 7) is 0.238. The quantitative estimate of drug-likeness (QED) is 0.887. The Morgan fingerprint density at radius 3 is 2.46 bits per heavy atom. The summed E-state index contributed by atoms with van der Waals surface area (Å²) in [7, 11) is 0. The van der Waals surface area contributed by atoms with Crippen LogP contribution < -0.4 is 10.2 Å². The Labute approximate surface area is 148 Å². The fraction of sp³-hybridized carbons (Fsp3) is 0.176. The molecular weight excluding hydrogens is 354 g/mol. The number of nitrogens with zero attached hydrogens (tertiary/aromatic N) is 1. The average molecular weight is 367 g/mol. The first-order valence-electron chi connectivity index (χ1n) is 7.26. The Kier molecular flexibility index (Phi) is 4.73. The number of amides is 2. The normalized spacial score (nSPS) is 17.2. The lowest BCUT2D eigenvalue weighted by Crippen LogP contribution is -2.28. The summed E-state index contributed by atoms with van der Waals surface area (Å²) in [6.07, 6.45) is 0.0731. The second-order valence-corrected chi connectivity index (χ2v) is 6.37. The van der Waals surface area contributed by atoms with Gasteiger partial charge in [0, 0.05) is 28.7 Å². The van der Waals surface area contributed by atoms with E-state index in [4.69, 9.17) is 23.2 Å². The summed E-state index contributed by atoms with van der Waals surface area (Å²) in [5.74, 6) is -1.73. The molecule has 2 amide bonds. The number of carbonyl (C=O) groups excluding carboxylic acids is 2. The van der Waals surface area contributed by atoms with Crippen LogP contribution in [0.4, 0.5) is 15.8 Å². The summed E-state index contributed by atoms with van der Waals surface area (Å²) in [6, 6.07) is 10.8. The Hall–Kier alpha value is -2.11. The first-order chi connectivity index (χ1) is 11.4. The van der Waals surface area contributed by atoms with Crippen molar-refractivity contribution in [1.82, 2.24) is 0 Å². The number of nitrogens with one attached hydrogen (secondary N) is 1. The van der Waals surface area contributed by atoms with E-state index < -0.39 is 17.6 Å². The summed E-state index contributed by atoms with van der Waals surface area (Å²) in [5, 5.41) is 3.32. The van der Waals surface area contributed by atoms with E-state index in [9.17, 15) is 14.0 Å². The van der Waals surface area contributed by atoms with Gasteiger partial charge in [-0.15, -0.1) is 0 Å². The van der Waals surface area contributed by atoms with Crippen molar-refractivity contribution >= 4 is 46.4 Å². The van der Waals surface area contributed by atoms with Crippen molar-refractivity contribution in [2.75, 3.05) is 16.8 Å². The van der Waals surface area contributed by atoms with Gasteiger partial charge in [-0.2, -0.15) is 0 Å². The summed E-state index contributed by atoms with van der Waals surface area (Å²) in [4.78, 5) is 26.0. The number of anilines is 2. The van der Waals surface area contributed by atoms with Gasteiger partial charge < -0.3 is 10.2 Å². The molecule has 0 bridgehead atoms. The summed E-state index contributed by atoms with van der Waals surface area (Å²) >= 11 is 11.5. The second-order valence-electron chi connectivity index (χ2n) is 5.50. The van der Waals surface area contributed by atoms with E-state index in [0.717, 1.165) is 6.07 Å². The predicted molar refractivity (Wildman–Crippen MR) is 92.0 cm³/mol. The fourth-order valence-corrected chi connectivity index (χ4v) is 2.86. The molecule has 4 nitrogen and oxygen atoms in total. The minimum Gasteiger partial charge on any atom is -0.323 e. The summed E-state index contributed by atoms with van der Waals surface area (Å²) in [5.41, 5.74) is 0.721. The van der Waals surface area contributed by atoms with Gasteiger partial charge in [-0.25, -0.2) is 4.39 Å². The van der Waals surface area contributed by atoms with E-state index in [1.165, 1.54) is 17.0 Å². The first kappa shape index (κ1) is 16.7. The van der Waals surface area contributed by atoms with Gasteiger partial charge in [-0.1, -0.05) is 23.2 Å². The Morgan fingerprint density at radius 2 is 1.79 bits per heavy atom. The monoisotopic (exact) mass is 366 g/mol. The fourth-order valence-electron chi connectivity index (χ4n) is 2.58. The van der Waals surface area contributed by atoms with Crippen molar-refractivity contribution in [2.24, 2.45) is 5.92 Å². The standard InChI is InChI=1S/C17H13Cl2FN2O2/c18-11-1-4-13(5-2-11)22-9-10(7-16(22)23)17(24)21-15-6-3-12(19)8-14(15)20/h1-6,8,10H,7,9H2,(H,21,24). The minimum absolute atomic E-state index is 0.0433. The van der Waals surface area contributed by atoms with Crippen LogP contribution in [-0.4, -0.2) is 18.4 Å².